The van der Waals surface area contributed by atoms with Crippen molar-refractivity contribution >= 4 is 34.8 Å². The summed E-state index contributed by atoms with van der Waals surface area (Å²) in [4.78, 5) is 29.0. The maximum absolute atomic E-state index is 12.2. The maximum atomic E-state index is 12.2. The number of ether oxygens (including phenoxy) is 1. The van der Waals surface area contributed by atoms with Crippen molar-refractivity contribution in [3.8, 4) is 5.75 Å². The van der Waals surface area contributed by atoms with E-state index in [2.05, 4.69) is 20.4 Å². The van der Waals surface area contributed by atoms with Crippen LogP contribution in [-0.4, -0.2) is 62.6 Å². The smallest absolute Gasteiger partial charge is 0.313 e. The summed E-state index contributed by atoms with van der Waals surface area (Å²) in [7, 11) is 0. The van der Waals surface area contributed by atoms with Gasteiger partial charge in [0, 0.05) is 43.4 Å². The molecule has 0 atom stereocenters. The highest BCUT2D eigenvalue weighted by Crippen LogP contribution is 2.23. The van der Waals surface area contributed by atoms with Crippen LogP contribution in [-0.2, 0) is 9.59 Å². The van der Waals surface area contributed by atoms with E-state index in [-0.39, 0.29) is 0 Å². The molecular weight excluding hydrogens is 416 g/mol. The highest BCUT2D eigenvalue weighted by molar-refractivity contribution is 6.39. The van der Waals surface area contributed by atoms with Crippen LogP contribution in [0.15, 0.2) is 48.5 Å². The van der Waals surface area contributed by atoms with Gasteiger partial charge >= 0.3 is 11.8 Å². The molecule has 3 rings (SSSR count). The number of benzene rings is 2. The lowest BCUT2D eigenvalue weighted by Crippen LogP contribution is -2.47. The molecule has 0 unspecified atom stereocenters. The lowest BCUT2D eigenvalue weighted by Gasteiger charge is -2.36. The zero-order chi connectivity index (χ0) is 22.1. The first-order valence-corrected chi connectivity index (χ1v) is 11.0. The third kappa shape index (κ3) is 6.87. The van der Waals surface area contributed by atoms with Gasteiger partial charge in [-0.25, -0.2) is 0 Å². The van der Waals surface area contributed by atoms with Crippen LogP contribution in [0.25, 0.3) is 0 Å². The Balaban J connectivity index is 1.34. The lowest BCUT2D eigenvalue weighted by molar-refractivity contribution is -0.136. The molecule has 1 saturated heterocycles. The number of nitrogens with one attached hydrogen (secondary N) is 2. The Hall–Kier alpha value is -2.77. The summed E-state index contributed by atoms with van der Waals surface area (Å²) in [5, 5.41) is 6.05. The van der Waals surface area contributed by atoms with Crippen molar-refractivity contribution in [3.05, 3.63) is 53.6 Å². The van der Waals surface area contributed by atoms with Crippen LogP contribution in [0.3, 0.4) is 0 Å². The van der Waals surface area contributed by atoms with Gasteiger partial charge < -0.3 is 20.3 Å². The molecule has 2 aromatic carbocycles. The van der Waals surface area contributed by atoms with Gasteiger partial charge in [-0.2, -0.15) is 0 Å². The van der Waals surface area contributed by atoms with Crippen LogP contribution in [0.4, 0.5) is 11.4 Å². The molecule has 166 valence electrons. The molecule has 0 radical (unpaired) electrons. The monoisotopic (exact) mass is 444 g/mol. The minimum atomic E-state index is -0.691. The van der Waals surface area contributed by atoms with Crippen molar-refractivity contribution in [2.45, 2.75) is 13.3 Å². The normalized spacial score (nSPS) is 14.2. The highest BCUT2D eigenvalue weighted by atomic mass is 35.5. The summed E-state index contributed by atoms with van der Waals surface area (Å²) in [6.07, 6.45) is 0.787. The zero-order valence-electron chi connectivity index (χ0n) is 17.8. The number of piperazine rings is 1. The van der Waals surface area contributed by atoms with E-state index >= 15 is 0 Å². The molecule has 1 aliphatic heterocycles. The molecule has 0 saturated carbocycles. The standard InChI is InChI=1S/C23H29ClN4O3/c1-2-31-21-7-4-3-6-20(21)26-23(30)22(29)25-12-5-13-27-14-16-28(17-15-27)19-10-8-18(24)9-11-19/h3-4,6-11H,2,5,12-17H2,1H3,(H,25,29)(H,26,30). The number of hydrogen-bond donors (Lipinski definition) is 2. The summed E-state index contributed by atoms with van der Waals surface area (Å²) in [6.45, 7) is 7.51. The van der Waals surface area contributed by atoms with Crippen LogP contribution in [0.2, 0.25) is 5.02 Å². The van der Waals surface area contributed by atoms with Crippen LogP contribution in [0.1, 0.15) is 13.3 Å². The SMILES string of the molecule is CCOc1ccccc1NC(=O)C(=O)NCCCN1CCN(c2ccc(Cl)cc2)CC1. The molecule has 1 fully saturated rings. The van der Waals surface area contributed by atoms with Gasteiger partial charge in [0.05, 0.1) is 12.3 Å². The van der Waals surface area contributed by atoms with E-state index in [1.165, 1.54) is 5.69 Å². The van der Waals surface area contributed by atoms with E-state index in [9.17, 15) is 9.59 Å². The van der Waals surface area contributed by atoms with Crippen molar-refractivity contribution in [2.75, 3.05) is 56.1 Å². The zero-order valence-corrected chi connectivity index (χ0v) is 18.5. The third-order valence-electron chi connectivity index (χ3n) is 5.14. The first kappa shape index (κ1) is 22.9. The third-order valence-corrected chi connectivity index (χ3v) is 5.39. The van der Waals surface area contributed by atoms with Gasteiger partial charge in [0.1, 0.15) is 5.75 Å². The van der Waals surface area contributed by atoms with Crippen LogP contribution < -0.4 is 20.3 Å². The van der Waals surface area contributed by atoms with E-state index in [4.69, 9.17) is 16.3 Å². The Morgan fingerprint density at radius 3 is 2.42 bits per heavy atom. The number of anilines is 2. The van der Waals surface area contributed by atoms with E-state index < -0.39 is 11.8 Å². The molecule has 2 amide bonds. The molecule has 1 heterocycles. The van der Waals surface area contributed by atoms with Crippen molar-refractivity contribution < 1.29 is 14.3 Å². The first-order valence-electron chi connectivity index (χ1n) is 10.6. The fourth-order valence-electron chi connectivity index (χ4n) is 3.50. The topological polar surface area (TPSA) is 73.9 Å². The number of amides is 2. The predicted octanol–water partition coefficient (Wildman–Crippen LogP) is 3.01. The summed E-state index contributed by atoms with van der Waals surface area (Å²) < 4.78 is 5.46. The summed E-state index contributed by atoms with van der Waals surface area (Å²) in [5.41, 5.74) is 1.68. The highest BCUT2D eigenvalue weighted by Gasteiger charge is 2.18. The molecule has 8 heteroatoms. The van der Waals surface area contributed by atoms with Gasteiger partial charge in [0.2, 0.25) is 0 Å². The summed E-state index contributed by atoms with van der Waals surface area (Å²) in [6, 6.07) is 15.0. The van der Waals surface area contributed by atoms with E-state index in [1.54, 1.807) is 18.2 Å². The quantitative estimate of drug-likeness (QED) is 0.483. The van der Waals surface area contributed by atoms with Crippen molar-refractivity contribution in [1.29, 1.82) is 0 Å². The Bertz CT molecular complexity index is 867. The second-order valence-corrected chi connectivity index (χ2v) is 7.73. The summed E-state index contributed by atoms with van der Waals surface area (Å²) >= 11 is 5.96. The number of rotatable bonds is 8. The lowest BCUT2D eigenvalue weighted by atomic mass is 10.2. The number of halogens is 1. The summed E-state index contributed by atoms with van der Waals surface area (Å²) in [5.74, 6) is -0.786. The Morgan fingerprint density at radius 1 is 1.00 bits per heavy atom. The molecule has 2 aromatic rings. The first-order chi connectivity index (χ1) is 15.1. The molecule has 0 aromatic heterocycles. The van der Waals surface area contributed by atoms with E-state index in [1.807, 2.05) is 37.3 Å². The van der Waals surface area contributed by atoms with E-state index in [0.717, 1.165) is 44.2 Å². The Kier molecular flexibility index (Phi) is 8.55. The second-order valence-electron chi connectivity index (χ2n) is 7.30. The van der Waals surface area contributed by atoms with Crippen LogP contribution in [0.5, 0.6) is 5.75 Å². The maximum Gasteiger partial charge on any atom is 0.313 e. The number of carbonyl (C=O) groups is 2. The van der Waals surface area contributed by atoms with Crippen molar-refractivity contribution in [3.63, 3.8) is 0 Å². The molecule has 0 bridgehead atoms. The Labute approximate surface area is 188 Å². The van der Waals surface area contributed by atoms with Gasteiger partial charge in [-0.15, -0.1) is 0 Å². The van der Waals surface area contributed by atoms with Gasteiger partial charge in [-0.1, -0.05) is 23.7 Å². The van der Waals surface area contributed by atoms with Crippen molar-refractivity contribution in [1.82, 2.24) is 10.2 Å². The minimum absolute atomic E-state index is 0.455. The number of nitrogens with zero attached hydrogens (tertiary/aromatic N) is 2. The van der Waals surface area contributed by atoms with Gasteiger partial charge in [-0.05, 0) is 56.3 Å². The van der Waals surface area contributed by atoms with E-state index in [0.29, 0.717) is 24.6 Å². The van der Waals surface area contributed by atoms with Gasteiger partial charge in [0.25, 0.3) is 0 Å². The molecule has 2 N–H and O–H groups in total. The average molecular weight is 445 g/mol. The largest absolute Gasteiger partial charge is 0.492 e. The molecule has 7 nitrogen and oxygen atoms in total. The van der Waals surface area contributed by atoms with Crippen LogP contribution in [0, 0.1) is 0 Å². The molecule has 1 aliphatic rings. The molecular formula is C23H29ClN4O3. The molecule has 0 spiro atoms. The van der Waals surface area contributed by atoms with Crippen molar-refractivity contribution in [2.24, 2.45) is 0 Å². The number of carbonyl (C=O) groups excluding carboxylic acids is 2. The Morgan fingerprint density at radius 2 is 1.71 bits per heavy atom. The van der Waals surface area contributed by atoms with Crippen LogP contribution >= 0.6 is 11.6 Å². The fourth-order valence-corrected chi connectivity index (χ4v) is 3.62. The number of hydrogen-bond acceptors (Lipinski definition) is 5. The molecule has 0 aliphatic carbocycles. The predicted molar refractivity (Wildman–Crippen MR) is 124 cm³/mol. The average Bonchev–Trinajstić information content (AvgIpc) is 2.79. The second kappa shape index (κ2) is 11.6. The van der Waals surface area contributed by atoms with Gasteiger partial charge in [-0.3, -0.25) is 14.5 Å². The minimum Gasteiger partial charge on any atom is -0.492 e. The molecule has 31 heavy (non-hydrogen) atoms. The van der Waals surface area contributed by atoms with Gasteiger partial charge in [0.15, 0.2) is 0 Å². The fraction of sp³-hybridized carbons (Fsp3) is 0.391. The number of para-hydroxylation sites is 2.